The van der Waals surface area contributed by atoms with E-state index in [4.69, 9.17) is 21.7 Å². The summed E-state index contributed by atoms with van der Waals surface area (Å²) in [6, 6.07) is -6.02. The summed E-state index contributed by atoms with van der Waals surface area (Å²) in [5.74, 6) is -8.21. The number of nitrogens with zero attached hydrogens (tertiary/aromatic N) is 1. The summed E-state index contributed by atoms with van der Waals surface area (Å²) in [6.07, 6.45) is 8.57. The Hall–Kier alpha value is -3.40. The largest absolute Gasteiger partial charge is 0.480 e. The van der Waals surface area contributed by atoms with Gasteiger partial charge in [0, 0.05) is 24.3 Å². The lowest BCUT2D eigenvalue weighted by Gasteiger charge is -2.37. The van der Waals surface area contributed by atoms with Crippen LogP contribution >= 0.6 is 11.8 Å². The Kier molecular flexibility index (Phi) is 21.3. The average Bonchev–Trinajstić information content (AvgIpc) is 2.94. The van der Waals surface area contributed by atoms with Crippen LogP contribution in [0.1, 0.15) is 90.9 Å². The van der Waals surface area contributed by atoms with E-state index in [1.165, 1.54) is 32.6 Å². The number of primary amides is 1. The van der Waals surface area contributed by atoms with Crippen molar-refractivity contribution in [2.24, 2.45) is 11.5 Å². The molecule has 16 heteroatoms. The molecule has 0 fully saturated rings. The first-order chi connectivity index (χ1) is 20.7. The number of carbonyl (C=O) groups is 7. The molecule has 252 valence electrons. The molecule has 0 aromatic rings. The molecule has 9 N–H and O–H groups in total. The Morgan fingerprint density at radius 2 is 1.36 bits per heavy atom. The van der Waals surface area contributed by atoms with Crippen LogP contribution < -0.4 is 22.1 Å². The normalized spacial score (nSPS) is 13.6. The molecular weight excluding hydrogens is 598 g/mol. The van der Waals surface area contributed by atoms with E-state index >= 15 is 0 Å². The summed E-state index contributed by atoms with van der Waals surface area (Å²) in [6.45, 7) is 2.63. The van der Waals surface area contributed by atoms with Crippen LogP contribution in [0.25, 0.3) is 0 Å². The van der Waals surface area contributed by atoms with Crippen LogP contribution in [0, 0.1) is 0 Å². The van der Waals surface area contributed by atoms with E-state index in [1.807, 2.05) is 0 Å². The number of nitrogens with one attached hydrogen (secondary N) is 2. The van der Waals surface area contributed by atoms with Gasteiger partial charge in [0.15, 0.2) is 0 Å². The summed E-state index contributed by atoms with van der Waals surface area (Å²) >= 11 is 0.828. The first kappa shape index (κ1) is 40.6. The lowest BCUT2D eigenvalue weighted by Crippen LogP contribution is -2.61. The second kappa shape index (κ2) is 23.0. The number of carboxylic acid groups (broad SMARTS) is 3. The molecule has 0 aliphatic heterocycles. The van der Waals surface area contributed by atoms with Gasteiger partial charge in [0.25, 0.3) is 0 Å². The van der Waals surface area contributed by atoms with Crippen molar-refractivity contribution >= 4 is 53.3 Å². The van der Waals surface area contributed by atoms with Gasteiger partial charge in [-0.05, 0) is 19.8 Å². The van der Waals surface area contributed by atoms with E-state index in [1.54, 1.807) is 0 Å². The molecule has 0 spiro atoms. The number of aliphatic carboxylic acids is 3. The number of hydrogen-bond acceptors (Lipinski definition) is 9. The second-order valence-electron chi connectivity index (χ2n) is 10.6. The highest BCUT2D eigenvalue weighted by atomic mass is 32.2. The monoisotopic (exact) mass is 647 g/mol. The van der Waals surface area contributed by atoms with Crippen LogP contribution in [0.3, 0.4) is 0 Å². The molecule has 0 bridgehead atoms. The quantitative estimate of drug-likeness (QED) is 0.0639. The van der Waals surface area contributed by atoms with E-state index in [9.17, 15) is 38.7 Å². The maximum atomic E-state index is 13.7. The van der Waals surface area contributed by atoms with Gasteiger partial charge in [-0.15, -0.1) is 0 Å². The van der Waals surface area contributed by atoms with Gasteiger partial charge in [-0.3, -0.25) is 28.8 Å². The van der Waals surface area contributed by atoms with Crippen molar-refractivity contribution in [2.45, 2.75) is 115 Å². The van der Waals surface area contributed by atoms with Gasteiger partial charge < -0.3 is 42.3 Å². The summed E-state index contributed by atoms with van der Waals surface area (Å²) in [5, 5.41) is 32.7. The standard InChI is InChI=1S/C28H49N5O10S/c1-3-4-5-6-7-8-9-10-11-12-23(35)32-18(2)26(39)33(20(28(42)43)13-14-22(30)34)21(25(38)31-15-24(36)37)17-44-16-19(29)27(40)41/h18-21H,3-17,29H2,1-2H3,(H2,30,34)(H,31,38)(H,32,35)(H,36,37)(H,40,41)(H,42,43)/t18-,19-,20+,21+/m0/s1. The SMILES string of the molecule is CCCCCCCCCCCC(=O)N[C@@H](C)C(=O)N([C@H](CCC(N)=O)C(=O)O)[C@H](CSC[C@H](N)C(=O)O)C(=O)NCC(=O)O. The van der Waals surface area contributed by atoms with E-state index < -0.39 is 85.1 Å². The molecule has 0 aliphatic carbocycles. The van der Waals surface area contributed by atoms with Gasteiger partial charge in [0.05, 0.1) is 0 Å². The van der Waals surface area contributed by atoms with Gasteiger partial charge in [0.2, 0.25) is 23.6 Å². The van der Waals surface area contributed by atoms with Crippen molar-refractivity contribution in [2.75, 3.05) is 18.1 Å². The fourth-order valence-electron chi connectivity index (χ4n) is 4.32. The molecule has 4 amide bonds. The molecular formula is C28H49N5O10S. The molecule has 0 aromatic heterocycles. The smallest absolute Gasteiger partial charge is 0.326 e. The summed E-state index contributed by atoms with van der Waals surface area (Å²) in [4.78, 5) is 86.1. The number of rotatable bonds is 26. The highest BCUT2D eigenvalue weighted by molar-refractivity contribution is 7.99. The predicted octanol–water partition coefficient (Wildman–Crippen LogP) is 0.674. The van der Waals surface area contributed by atoms with Crippen LogP contribution in [0.2, 0.25) is 0 Å². The number of carboxylic acids is 3. The first-order valence-corrected chi connectivity index (χ1v) is 16.1. The molecule has 0 rings (SSSR count). The number of nitrogens with two attached hydrogens (primary N) is 2. The number of carbonyl (C=O) groups excluding carboxylic acids is 4. The molecule has 0 aromatic carbocycles. The zero-order valence-corrected chi connectivity index (χ0v) is 26.4. The highest BCUT2D eigenvalue weighted by Crippen LogP contribution is 2.19. The van der Waals surface area contributed by atoms with Crippen molar-refractivity contribution in [1.29, 1.82) is 0 Å². The predicted molar refractivity (Wildman–Crippen MR) is 164 cm³/mol. The van der Waals surface area contributed by atoms with Gasteiger partial charge in [-0.1, -0.05) is 58.3 Å². The maximum Gasteiger partial charge on any atom is 0.326 e. The molecule has 0 heterocycles. The highest BCUT2D eigenvalue weighted by Gasteiger charge is 2.41. The van der Waals surface area contributed by atoms with Crippen molar-refractivity contribution in [3.8, 4) is 0 Å². The average molecular weight is 648 g/mol. The van der Waals surface area contributed by atoms with Gasteiger partial charge in [0.1, 0.15) is 30.7 Å². The Morgan fingerprint density at radius 1 is 0.795 bits per heavy atom. The zero-order valence-electron chi connectivity index (χ0n) is 25.6. The number of hydrogen-bond donors (Lipinski definition) is 7. The lowest BCUT2D eigenvalue weighted by atomic mass is 10.0. The summed E-state index contributed by atoms with van der Waals surface area (Å²) < 4.78 is 0. The third-order valence-corrected chi connectivity index (χ3v) is 7.88. The lowest BCUT2D eigenvalue weighted by molar-refractivity contribution is -0.156. The van der Waals surface area contributed by atoms with Crippen molar-refractivity contribution in [1.82, 2.24) is 15.5 Å². The maximum absolute atomic E-state index is 13.7. The van der Waals surface area contributed by atoms with Gasteiger partial charge >= 0.3 is 17.9 Å². The van der Waals surface area contributed by atoms with Crippen LogP contribution in [-0.4, -0.2) is 104 Å². The minimum Gasteiger partial charge on any atom is -0.480 e. The minimum atomic E-state index is -1.76. The number of amides is 4. The number of thioether (sulfide) groups is 1. The van der Waals surface area contributed by atoms with Crippen molar-refractivity contribution < 1.29 is 48.9 Å². The molecule has 0 saturated carbocycles. The fourth-order valence-corrected chi connectivity index (χ4v) is 5.39. The molecule has 0 aliphatic rings. The van der Waals surface area contributed by atoms with Crippen molar-refractivity contribution in [3.63, 3.8) is 0 Å². The van der Waals surface area contributed by atoms with Crippen molar-refractivity contribution in [3.05, 3.63) is 0 Å². The van der Waals surface area contributed by atoms with E-state index in [0.29, 0.717) is 11.3 Å². The van der Waals surface area contributed by atoms with E-state index in [0.717, 1.165) is 37.4 Å². The fraction of sp³-hybridized carbons (Fsp3) is 0.750. The van der Waals surface area contributed by atoms with E-state index in [-0.39, 0.29) is 17.9 Å². The Bertz CT molecular complexity index is 967. The molecule has 0 radical (unpaired) electrons. The van der Waals surface area contributed by atoms with Gasteiger partial charge in [-0.2, -0.15) is 11.8 Å². The van der Waals surface area contributed by atoms with Gasteiger partial charge in [-0.25, -0.2) is 4.79 Å². The molecule has 44 heavy (non-hydrogen) atoms. The molecule has 15 nitrogen and oxygen atoms in total. The van der Waals surface area contributed by atoms with Crippen LogP contribution in [0.5, 0.6) is 0 Å². The third-order valence-electron chi connectivity index (χ3n) is 6.74. The second-order valence-corrected chi connectivity index (χ2v) is 11.7. The third kappa shape index (κ3) is 17.7. The van der Waals surface area contributed by atoms with Crippen LogP contribution in [-0.2, 0) is 33.6 Å². The molecule has 0 unspecified atom stereocenters. The summed E-state index contributed by atoms with van der Waals surface area (Å²) in [7, 11) is 0. The Morgan fingerprint density at radius 3 is 1.86 bits per heavy atom. The minimum absolute atomic E-state index is 0.128. The van der Waals surface area contributed by atoms with E-state index in [2.05, 4.69) is 17.6 Å². The Balaban J connectivity index is 5.79. The Labute approximate surface area is 262 Å². The molecule has 4 atom stereocenters. The van der Waals surface area contributed by atoms with Crippen LogP contribution in [0.4, 0.5) is 0 Å². The zero-order chi connectivity index (χ0) is 33.7. The van der Waals surface area contributed by atoms with Crippen LogP contribution in [0.15, 0.2) is 0 Å². The number of unbranched alkanes of at least 4 members (excludes halogenated alkanes) is 8. The topological polar surface area (TPSA) is 260 Å². The summed E-state index contributed by atoms with van der Waals surface area (Å²) in [5.41, 5.74) is 10.7. The molecule has 0 saturated heterocycles. The first-order valence-electron chi connectivity index (χ1n) is 14.9.